The third kappa shape index (κ3) is 7.87. The molecule has 0 aliphatic heterocycles. The van der Waals surface area contributed by atoms with Gasteiger partial charge in [-0.25, -0.2) is 0 Å². The SMILES string of the molecule is COCC(C)(C)C[C@H]1C[C@@H](c2onc([C@@H](CCC(=O)OC)CC(=O)OC(C)(C)C)c2Br)C1. The predicted octanol–water partition coefficient (Wildman–Crippen LogP) is 5.76. The summed E-state index contributed by atoms with van der Waals surface area (Å²) in [7, 11) is 3.10. The molecule has 0 aromatic carbocycles. The van der Waals surface area contributed by atoms with Crippen LogP contribution in [0.15, 0.2) is 9.00 Å². The van der Waals surface area contributed by atoms with E-state index in [1.807, 2.05) is 20.8 Å². The molecule has 1 aromatic heterocycles. The van der Waals surface area contributed by atoms with Crippen LogP contribution in [0.3, 0.4) is 0 Å². The Bertz CT molecular complexity index is 776. The molecule has 32 heavy (non-hydrogen) atoms. The van der Waals surface area contributed by atoms with Gasteiger partial charge in [0.05, 0.1) is 24.6 Å². The summed E-state index contributed by atoms with van der Waals surface area (Å²) < 4.78 is 22.1. The number of rotatable bonds is 11. The predicted molar refractivity (Wildman–Crippen MR) is 124 cm³/mol. The highest BCUT2D eigenvalue weighted by atomic mass is 79.9. The summed E-state index contributed by atoms with van der Waals surface area (Å²) in [5, 5.41) is 4.30. The van der Waals surface area contributed by atoms with Crippen molar-refractivity contribution in [2.24, 2.45) is 11.3 Å². The Hall–Kier alpha value is -1.41. The van der Waals surface area contributed by atoms with E-state index in [1.54, 1.807) is 7.11 Å². The Morgan fingerprint density at radius 2 is 1.81 bits per heavy atom. The van der Waals surface area contributed by atoms with Crippen molar-refractivity contribution in [3.05, 3.63) is 15.9 Å². The van der Waals surface area contributed by atoms with Gasteiger partial charge < -0.3 is 18.7 Å². The van der Waals surface area contributed by atoms with E-state index in [1.165, 1.54) is 7.11 Å². The quantitative estimate of drug-likeness (QED) is 0.346. The van der Waals surface area contributed by atoms with Crippen LogP contribution in [0.2, 0.25) is 0 Å². The van der Waals surface area contributed by atoms with E-state index in [0.717, 1.165) is 36.1 Å². The number of esters is 2. The first-order valence-electron chi connectivity index (χ1n) is 11.3. The number of ether oxygens (including phenoxy) is 3. The van der Waals surface area contributed by atoms with Gasteiger partial charge >= 0.3 is 11.9 Å². The van der Waals surface area contributed by atoms with Crippen molar-refractivity contribution in [3.8, 4) is 0 Å². The van der Waals surface area contributed by atoms with E-state index in [0.29, 0.717) is 24.0 Å². The van der Waals surface area contributed by atoms with Gasteiger partial charge in [-0.2, -0.15) is 0 Å². The number of halogens is 1. The van der Waals surface area contributed by atoms with Crippen molar-refractivity contribution < 1.29 is 28.3 Å². The minimum absolute atomic E-state index is 0.122. The summed E-state index contributed by atoms with van der Waals surface area (Å²) in [6.07, 6.45) is 3.93. The second-order valence-corrected chi connectivity index (χ2v) is 11.5. The molecule has 8 heteroatoms. The number of methoxy groups -OCH3 is 2. The number of nitrogens with zero attached hydrogens (tertiary/aromatic N) is 1. The van der Waals surface area contributed by atoms with Crippen molar-refractivity contribution in [2.45, 2.75) is 90.6 Å². The van der Waals surface area contributed by atoms with Crippen LogP contribution in [0, 0.1) is 11.3 Å². The number of hydrogen-bond acceptors (Lipinski definition) is 7. The molecule has 1 saturated carbocycles. The maximum atomic E-state index is 12.5. The Morgan fingerprint density at radius 3 is 2.38 bits per heavy atom. The second-order valence-electron chi connectivity index (χ2n) is 10.7. The van der Waals surface area contributed by atoms with Crippen molar-refractivity contribution in [1.29, 1.82) is 0 Å². The Morgan fingerprint density at radius 1 is 1.16 bits per heavy atom. The highest BCUT2D eigenvalue weighted by molar-refractivity contribution is 9.10. The van der Waals surface area contributed by atoms with E-state index < -0.39 is 5.60 Å². The lowest BCUT2D eigenvalue weighted by molar-refractivity contribution is -0.155. The molecule has 0 radical (unpaired) electrons. The number of aromatic nitrogens is 1. The zero-order chi connectivity index (χ0) is 24.1. The zero-order valence-corrected chi connectivity index (χ0v) is 22.0. The molecule has 1 aliphatic carbocycles. The normalized spacial score (nSPS) is 19.9. The molecule has 1 heterocycles. The first-order valence-corrected chi connectivity index (χ1v) is 12.1. The molecule has 1 aliphatic rings. The van der Waals surface area contributed by atoms with Crippen LogP contribution in [0.1, 0.15) is 96.4 Å². The maximum absolute atomic E-state index is 12.5. The molecule has 0 N–H and O–H groups in total. The van der Waals surface area contributed by atoms with Crippen LogP contribution < -0.4 is 0 Å². The van der Waals surface area contributed by atoms with E-state index in [2.05, 4.69) is 34.9 Å². The fourth-order valence-corrected chi connectivity index (χ4v) is 5.27. The summed E-state index contributed by atoms with van der Waals surface area (Å²) in [6, 6.07) is 0. The average Bonchev–Trinajstić information content (AvgIpc) is 3.00. The van der Waals surface area contributed by atoms with Crippen LogP contribution >= 0.6 is 15.9 Å². The zero-order valence-electron chi connectivity index (χ0n) is 20.5. The molecule has 0 unspecified atom stereocenters. The fourth-order valence-electron chi connectivity index (χ4n) is 4.47. The summed E-state index contributed by atoms with van der Waals surface area (Å²) >= 11 is 3.66. The summed E-state index contributed by atoms with van der Waals surface area (Å²) in [6.45, 7) is 10.7. The molecule has 182 valence electrons. The second kappa shape index (κ2) is 11.1. The van der Waals surface area contributed by atoms with Gasteiger partial charge in [-0.3, -0.25) is 9.59 Å². The molecular formula is C24H38BrNO6. The lowest BCUT2D eigenvalue weighted by Crippen LogP contribution is -2.29. The smallest absolute Gasteiger partial charge is 0.306 e. The molecule has 0 amide bonds. The van der Waals surface area contributed by atoms with E-state index in [-0.39, 0.29) is 36.1 Å². The lowest BCUT2D eigenvalue weighted by atomic mass is 9.67. The van der Waals surface area contributed by atoms with Crippen LogP contribution in [0.4, 0.5) is 0 Å². The number of hydrogen-bond donors (Lipinski definition) is 0. The van der Waals surface area contributed by atoms with Gasteiger partial charge in [0.1, 0.15) is 11.3 Å². The molecule has 1 atom stereocenters. The number of carbonyl (C=O) groups excluding carboxylic acids is 2. The van der Waals surface area contributed by atoms with Crippen molar-refractivity contribution in [1.82, 2.24) is 5.16 Å². The first-order chi connectivity index (χ1) is 14.8. The molecule has 0 spiro atoms. The van der Waals surface area contributed by atoms with Gasteiger partial charge in [0.2, 0.25) is 0 Å². The molecule has 1 fully saturated rings. The molecule has 0 saturated heterocycles. The van der Waals surface area contributed by atoms with E-state index in [4.69, 9.17) is 18.7 Å². The minimum Gasteiger partial charge on any atom is -0.469 e. The number of carbonyl (C=O) groups is 2. The topological polar surface area (TPSA) is 87.9 Å². The first kappa shape index (κ1) is 26.8. The molecule has 7 nitrogen and oxygen atoms in total. The molecule has 0 bridgehead atoms. The summed E-state index contributed by atoms with van der Waals surface area (Å²) in [5.74, 6) is 0.812. The van der Waals surface area contributed by atoms with Crippen molar-refractivity contribution in [2.75, 3.05) is 20.8 Å². The van der Waals surface area contributed by atoms with Crippen LogP contribution in [0.5, 0.6) is 0 Å². The van der Waals surface area contributed by atoms with Crippen molar-refractivity contribution in [3.63, 3.8) is 0 Å². The maximum Gasteiger partial charge on any atom is 0.306 e. The molecule has 1 aromatic rings. The van der Waals surface area contributed by atoms with Gasteiger partial charge in [-0.1, -0.05) is 19.0 Å². The standard InChI is InChI=1S/C24H38BrNO6/c1-23(2,3)31-19(28)12-16(8-9-18(27)30-7)21-20(25)22(32-26-21)17-10-15(11-17)13-24(4,5)14-29-6/h15-17H,8-14H2,1-7H3/t15-,16-,17+/m0/s1. The third-order valence-electron chi connectivity index (χ3n) is 5.81. The van der Waals surface area contributed by atoms with Gasteiger partial charge in [0.15, 0.2) is 5.76 Å². The highest BCUT2D eigenvalue weighted by Gasteiger charge is 2.39. The Labute approximate surface area is 200 Å². The van der Waals surface area contributed by atoms with Crippen molar-refractivity contribution >= 4 is 27.9 Å². The molecular weight excluding hydrogens is 478 g/mol. The Kier molecular flexibility index (Phi) is 9.35. The van der Waals surface area contributed by atoms with Gasteiger partial charge in [-0.15, -0.1) is 0 Å². The lowest BCUT2D eigenvalue weighted by Gasteiger charge is -2.38. The van der Waals surface area contributed by atoms with Crippen LogP contribution in [-0.2, 0) is 23.8 Å². The largest absolute Gasteiger partial charge is 0.469 e. The molecule has 2 rings (SSSR count). The summed E-state index contributed by atoms with van der Waals surface area (Å²) in [4.78, 5) is 24.2. The fraction of sp³-hybridized carbons (Fsp3) is 0.792. The third-order valence-corrected chi connectivity index (χ3v) is 6.61. The van der Waals surface area contributed by atoms with Gasteiger partial charge in [0, 0.05) is 25.4 Å². The van der Waals surface area contributed by atoms with Gasteiger partial charge in [0.25, 0.3) is 0 Å². The minimum atomic E-state index is -0.576. The highest BCUT2D eigenvalue weighted by Crippen LogP contribution is 2.49. The monoisotopic (exact) mass is 515 g/mol. The van der Waals surface area contributed by atoms with Gasteiger partial charge in [-0.05, 0) is 73.7 Å². The van der Waals surface area contributed by atoms with E-state index in [9.17, 15) is 9.59 Å². The summed E-state index contributed by atoms with van der Waals surface area (Å²) in [5.41, 5.74) is 0.242. The average molecular weight is 516 g/mol. The van der Waals surface area contributed by atoms with Crippen LogP contribution in [0.25, 0.3) is 0 Å². The Balaban J connectivity index is 2.08. The van der Waals surface area contributed by atoms with E-state index >= 15 is 0 Å². The van der Waals surface area contributed by atoms with Crippen LogP contribution in [-0.4, -0.2) is 43.5 Å².